The van der Waals surface area contributed by atoms with Crippen LogP contribution in [0, 0.1) is 0 Å². The number of carbonyl (C=O) groups excluding carboxylic acids is 2. The van der Waals surface area contributed by atoms with Crippen LogP contribution in [0.3, 0.4) is 0 Å². The van der Waals surface area contributed by atoms with Crippen LogP contribution < -0.4 is 24.3 Å². The number of anilines is 1. The molecule has 8 heteroatoms. The lowest BCUT2D eigenvalue weighted by Crippen LogP contribution is -2.21. The zero-order chi connectivity index (χ0) is 21.4. The number of benzene rings is 2. The fraction of sp³-hybridized carbons (Fsp3) is 0.333. The molecule has 0 aliphatic heterocycles. The molecule has 0 saturated heterocycles. The first-order valence-electron chi connectivity index (χ1n) is 8.91. The normalized spacial score (nSPS) is 10.3. The van der Waals surface area contributed by atoms with Gasteiger partial charge in [-0.05, 0) is 38.1 Å². The lowest BCUT2D eigenvalue weighted by molar-refractivity contribution is -0.119. The van der Waals surface area contributed by atoms with Gasteiger partial charge in [0.15, 0.2) is 18.1 Å². The van der Waals surface area contributed by atoms with Crippen molar-refractivity contribution in [3.05, 3.63) is 42.0 Å². The van der Waals surface area contributed by atoms with Gasteiger partial charge in [0.2, 0.25) is 5.75 Å². The zero-order valence-corrected chi connectivity index (χ0v) is 17.1. The van der Waals surface area contributed by atoms with Crippen LogP contribution in [0.5, 0.6) is 23.0 Å². The van der Waals surface area contributed by atoms with E-state index in [1.165, 1.54) is 21.3 Å². The molecule has 0 fully saturated rings. The summed E-state index contributed by atoms with van der Waals surface area (Å²) >= 11 is 0. The Morgan fingerprint density at radius 2 is 1.52 bits per heavy atom. The predicted octanol–water partition coefficient (Wildman–Crippen LogP) is 3.30. The molecule has 8 nitrogen and oxygen atoms in total. The number of nitrogens with one attached hydrogen (secondary N) is 1. The highest BCUT2D eigenvalue weighted by molar-refractivity contribution is 5.96. The number of ether oxygens (including phenoxy) is 5. The van der Waals surface area contributed by atoms with Crippen LogP contribution >= 0.6 is 0 Å². The van der Waals surface area contributed by atoms with Gasteiger partial charge in [0.05, 0.1) is 33.0 Å². The predicted molar refractivity (Wildman–Crippen MR) is 107 cm³/mol. The van der Waals surface area contributed by atoms with Gasteiger partial charge in [-0.2, -0.15) is 0 Å². The van der Waals surface area contributed by atoms with Crippen LogP contribution in [0.4, 0.5) is 5.69 Å². The zero-order valence-electron chi connectivity index (χ0n) is 17.1. The smallest absolute Gasteiger partial charge is 0.338 e. The first-order valence-corrected chi connectivity index (χ1v) is 8.91. The highest BCUT2D eigenvalue weighted by Gasteiger charge is 2.16. The number of amides is 1. The van der Waals surface area contributed by atoms with Gasteiger partial charge in [-0.1, -0.05) is 0 Å². The van der Waals surface area contributed by atoms with Crippen LogP contribution in [-0.2, 0) is 9.53 Å². The molecule has 2 aromatic rings. The topological polar surface area (TPSA) is 92.3 Å². The summed E-state index contributed by atoms with van der Waals surface area (Å²) in [5.74, 6) is 0.722. The van der Waals surface area contributed by atoms with E-state index in [1.54, 1.807) is 36.4 Å². The van der Waals surface area contributed by atoms with Gasteiger partial charge >= 0.3 is 5.97 Å². The molecule has 156 valence electrons. The second kappa shape index (κ2) is 10.2. The van der Waals surface area contributed by atoms with Crippen molar-refractivity contribution in [1.82, 2.24) is 0 Å². The summed E-state index contributed by atoms with van der Waals surface area (Å²) in [6, 6.07) is 9.66. The fourth-order valence-corrected chi connectivity index (χ4v) is 2.51. The molecule has 29 heavy (non-hydrogen) atoms. The molecule has 0 heterocycles. The third-order valence-corrected chi connectivity index (χ3v) is 3.74. The molecular weight excluding hydrogens is 378 g/mol. The number of esters is 1. The van der Waals surface area contributed by atoms with Crippen LogP contribution in [0.2, 0.25) is 0 Å². The number of hydrogen-bond donors (Lipinski definition) is 1. The summed E-state index contributed by atoms with van der Waals surface area (Å²) in [5.41, 5.74) is 0.734. The number of rotatable bonds is 9. The summed E-state index contributed by atoms with van der Waals surface area (Å²) in [6.07, 6.45) is 0.0340. The lowest BCUT2D eigenvalue weighted by Gasteiger charge is -2.14. The van der Waals surface area contributed by atoms with E-state index in [1.807, 2.05) is 13.8 Å². The van der Waals surface area contributed by atoms with E-state index in [9.17, 15) is 9.59 Å². The minimum absolute atomic E-state index is 0.0340. The molecule has 0 unspecified atom stereocenters. The Bertz CT molecular complexity index is 822. The highest BCUT2D eigenvalue weighted by atomic mass is 16.5. The van der Waals surface area contributed by atoms with Gasteiger partial charge in [-0.25, -0.2) is 4.79 Å². The van der Waals surface area contributed by atoms with Crippen LogP contribution in [0.1, 0.15) is 24.2 Å². The van der Waals surface area contributed by atoms with Crippen molar-refractivity contribution in [2.75, 3.05) is 33.3 Å². The van der Waals surface area contributed by atoms with Gasteiger partial charge in [0.25, 0.3) is 5.91 Å². The van der Waals surface area contributed by atoms with E-state index in [-0.39, 0.29) is 6.10 Å². The van der Waals surface area contributed by atoms with E-state index in [0.717, 1.165) is 0 Å². The number of hydrogen-bond acceptors (Lipinski definition) is 7. The summed E-state index contributed by atoms with van der Waals surface area (Å²) < 4.78 is 26.3. The maximum atomic E-state index is 12.2. The molecule has 0 aliphatic carbocycles. The van der Waals surface area contributed by atoms with Crippen molar-refractivity contribution in [3.63, 3.8) is 0 Å². The average molecular weight is 403 g/mol. The van der Waals surface area contributed by atoms with Gasteiger partial charge in [-0.15, -0.1) is 0 Å². The minimum atomic E-state index is -0.610. The maximum Gasteiger partial charge on any atom is 0.338 e. The molecule has 0 spiro atoms. The monoisotopic (exact) mass is 403 g/mol. The Hall–Kier alpha value is -3.42. The highest BCUT2D eigenvalue weighted by Crippen LogP contribution is 2.39. The summed E-state index contributed by atoms with van der Waals surface area (Å²) in [7, 11) is 4.43. The second-order valence-corrected chi connectivity index (χ2v) is 6.23. The van der Waals surface area contributed by atoms with Crippen LogP contribution in [0.15, 0.2) is 36.4 Å². The van der Waals surface area contributed by atoms with Crippen molar-refractivity contribution >= 4 is 17.6 Å². The van der Waals surface area contributed by atoms with Crippen molar-refractivity contribution in [2.45, 2.75) is 20.0 Å². The van der Waals surface area contributed by atoms with E-state index in [2.05, 4.69) is 5.32 Å². The van der Waals surface area contributed by atoms with Crippen LogP contribution in [-0.4, -0.2) is 45.9 Å². The van der Waals surface area contributed by atoms with Crippen molar-refractivity contribution in [2.24, 2.45) is 0 Å². The number of carbonyl (C=O) groups is 2. The van der Waals surface area contributed by atoms with Gasteiger partial charge in [0.1, 0.15) is 5.75 Å². The van der Waals surface area contributed by atoms with E-state index in [4.69, 9.17) is 23.7 Å². The first-order chi connectivity index (χ1) is 13.9. The third kappa shape index (κ3) is 6.03. The lowest BCUT2D eigenvalue weighted by atomic mass is 10.2. The summed E-state index contributed by atoms with van der Waals surface area (Å²) in [6.45, 7) is 3.38. The average Bonchev–Trinajstić information content (AvgIpc) is 2.71. The Balaban J connectivity index is 1.96. The molecule has 2 aromatic carbocycles. The van der Waals surface area contributed by atoms with Crippen LogP contribution in [0.25, 0.3) is 0 Å². The second-order valence-electron chi connectivity index (χ2n) is 6.23. The largest absolute Gasteiger partial charge is 0.493 e. The van der Waals surface area contributed by atoms with E-state index < -0.39 is 18.5 Å². The molecule has 0 saturated carbocycles. The maximum absolute atomic E-state index is 12.2. The molecule has 0 radical (unpaired) electrons. The third-order valence-electron chi connectivity index (χ3n) is 3.74. The molecule has 0 atom stereocenters. The summed E-state index contributed by atoms with van der Waals surface area (Å²) in [4.78, 5) is 24.3. The molecule has 1 amide bonds. The molecule has 0 bridgehead atoms. The first kappa shape index (κ1) is 21.9. The van der Waals surface area contributed by atoms with Gasteiger partial charge < -0.3 is 29.0 Å². The SMILES string of the molecule is COc1cc(NC(=O)COC(=O)c2ccc(OC(C)C)cc2)cc(OC)c1OC. The molecule has 0 aromatic heterocycles. The number of methoxy groups -OCH3 is 3. The van der Waals surface area contributed by atoms with Gasteiger partial charge in [0, 0.05) is 17.8 Å². The van der Waals surface area contributed by atoms with Gasteiger partial charge in [-0.3, -0.25) is 4.79 Å². The Morgan fingerprint density at radius 1 is 0.931 bits per heavy atom. The Kier molecular flexibility index (Phi) is 7.70. The Morgan fingerprint density at radius 3 is 2.00 bits per heavy atom. The molecular formula is C21H25NO7. The molecule has 0 aliphatic rings. The molecule has 1 N–H and O–H groups in total. The van der Waals surface area contributed by atoms with E-state index >= 15 is 0 Å². The van der Waals surface area contributed by atoms with E-state index in [0.29, 0.717) is 34.2 Å². The van der Waals surface area contributed by atoms with Crippen molar-refractivity contribution < 1.29 is 33.3 Å². The fourth-order valence-electron chi connectivity index (χ4n) is 2.51. The standard InChI is InChI=1S/C21H25NO7/c1-13(2)29-16-8-6-14(7-9-16)21(24)28-12-19(23)22-15-10-17(25-3)20(27-5)18(11-15)26-4/h6-11,13H,12H2,1-5H3,(H,22,23). The van der Waals surface area contributed by atoms with Crippen molar-refractivity contribution in [1.29, 1.82) is 0 Å². The minimum Gasteiger partial charge on any atom is -0.493 e. The quantitative estimate of drug-likeness (QED) is 0.642. The summed E-state index contributed by atoms with van der Waals surface area (Å²) in [5, 5.41) is 2.63. The Labute approximate surface area is 169 Å². The molecule has 2 rings (SSSR count). The van der Waals surface area contributed by atoms with Crippen molar-refractivity contribution in [3.8, 4) is 23.0 Å².